The van der Waals surface area contributed by atoms with Crippen LogP contribution in [0.5, 0.6) is 5.75 Å². The number of carbonyl (C=O) groups excluding carboxylic acids is 1. The third kappa shape index (κ3) is 2.17. The smallest absolute Gasteiger partial charge is 0.265 e. The number of unbranched alkanes of at least 4 members (excludes halogenated alkanes) is 1. The molecule has 0 fully saturated rings. The highest BCUT2D eigenvalue weighted by atomic mass is 16.5. The number of fused-ring (bicyclic) bond motifs is 1. The second-order valence-electron chi connectivity index (χ2n) is 3.80. The lowest BCUT2D eigenvalue weighted by atomic mass is 10.2. The number of hydrogen-bond donors (Lipinski definition) is 1. The van der Waals surface area contributed by atoms with Crippen LogP contribution in [0.3, 0.4) is 0 Å². The first-order valence-corrected chi connectivity index (χ1v) is 5.55. The lowest BCUT2D eigenvalue weighted by Gasteiger charge is -2.29. The van der Waals surface area contributed by atoms with Crippen molar-refractivity contribution in [2.45, 2.75) is 12.8 Å². The molecule has 1 aromatic rings. The second kappa shape index (κ2) is 4.99. The van der Waals surface area contributed by atoms with Crippen molar-refractivity contribution in [2.24, 2.45) is 5.73 Å². The topological polar surface area (TPSA) is 55.6 Å². The maximum atomic E-state index is 11.7. The van der Waals surface area contributed by atoms with E-state index in [-0.39, 0.29) is 12.5 Å². The zero-order valence-electron chi connectivity index (χ0n) is 9.19. The van der Waals surface area contributed by atoms with Gasteiger partial charge in [0.1, 0.15) is 5.75 Å². The lowest BCUT2D eigenvalue weighted by molar-refractivity contribution is -0.121. The molecule has 0 atom stereocenters. The Balaban J connectivity index is 2.13. The maximum absolute atomic E-state index is 11.7. The van der Waals surface area contributed by atoms with Gasteiger partial charge in [-0.15, -0.1) is 0 Å². The van der Waals surface area contributed by atoms with Gasteiger partial charge in [0.2, 0.25) is 0 Å². The van der Waals surface area contributed by atoms with E-state index in [1.165, 1.54) is 0 Å². The summed E-state index contributed by atoms with van der Waals surface area (Å²) in [5.74, 6) is 0.811. The molecule has 0 aromatic heterocycles. The average molecular weight is 220 g/mol. The lowest BCUT2D eigenvalue weighted by Crippen LogP contribution is -2.39. The van der Waals surface area contributed by atoms with Crippen molar-refractivity contribution in [3.63, 3.8) is 0 Å². The number of nitrogens with two attached hydrogens (primary N) is 1. The van der Waals surface area contributed by atoms with Gasteiger partial charge in [-0.3, -0.25) is 4.79 Å². The van der Waals surface area contributed by atoms with E-state index in [1.807, 2.05) is 24.3 Å². The van der Waals surface area contributed by atoms with Gasteiger partial charge in [-0.2, -0.15) is 0 Å². The molecular weight excluding hydrogens is 204 g/mol. The molecule has 0 radical (unpaired) electrons. The van der Waals surface area contributed by atoms with E-state index in [9.17, 15) is 4.79 Å². The molecule has 16 heavy (non-hydrogen) atoms. The van der Waals surface area contributed by atoms with Crippen molar-refractivity contribution in [2.75, 3.05) is 24.6 Å². The van der Waals surface area contributed by atoms with Crippen molar-refractivity contribution < 1.29 is 9.53 Å². The van der Waals surface area contributed by atoms with Gasteiger partial charge in [0.25, 0.3) is 5.91 Å². The quantitative estimate of drug-likeness (QED) is 0.774. The summed E-state index contributed by atoms with van der Waals surface area (Å²) in [6, 6.07) is 7.62. The Morgan fingerprint density at radius 3 is 2.94 bits per heavy atom. The number of hydrogen-bond acceptors (Lipinski definition) is 3. The summed E-state index contributed by atoms with van der Waals surface area (Å²) in [4.78, 5) is 13.5. The van der Waals surface area contributed by atoms with Crippen LogP contribution in [0.4, 0.5) is 5.69 Å². The summed E-state index contributed by atoms with van der Waals surface area (Å²) in [5.41, 5.74) is 6.32. The van der Waals surface area contributed by atoms with E-state index in [0.29, 0.717) is 6.54 Å². The minimum Gasteiger partial charge on any atom is -0.482 e. The highest BCUT2D eigenvalue weighted by molar-refractivity contribution is 5.97. The number of carbonyl (C=O) groups is 1. The fourth-order valence-corrected chi connectivity index (χ4v) is 1.81. The molecule has 4 nitrogen and oxygen atoms in total. The van der Waals surface area contributed by atoms with Crippen LogP contribution >= 0.6 is 0 Å². The van der Waals surface area contributed by atoms with E-state index in [0.717, 1.165) is 30.8 Å². The third-order valence-corrected chi connectivity index (χ3v) is 2.64. The van der Waals surface area contributed by atoms with Gasteiger partial charge >= 0.3 is 0 Å². The molecule has 1 aromatic carbocycles. The molecule has 4 heteroatoms. The molecule has 1 aliphatic heterocycles. The van der Waals surface area contributed by atoms with Crippen molar-refractivity contribution in [3.8, 4) is 5.75 Å². The first kappa shape index (κ1) is 11.0. The van der Waals surface area contributed by atoms with Crippen LogP contribution in [0.2, 0.25) is 0 Å². The first-order valence-electron chi connectivity index (χ1n) is 5.55. The van der Waals surface area contributed by atoms with Crippen LogP contribution in [0, 0.1) is 0 Å². The first-order chi connectivity index (χ1) is 7.83. The maximum Gasteiger partial charge on any atom is 0.265 e. The van der Waals surface area contributed by atoms with Gasteiger partial charge < -0.3 is 15.4 Å². The molecule has 0 saturated carbocycles. The van der Waals surface area contributed by atoms with Gasteiger partial charge in [-0.05, 0) is 31.5 Å². The largest absolute Gasteiger partial charge is 0.482 e. The Morgan fingerprint density at radius 1 is 1.31 bits per heavy atom. The molecule has 1 heterocycles. The van der Waals surface area contributed by atoms with E-state index >= 15 is 0 Å². The van der Waals surface area contributed by atoms with Gasteiger partial charge in [-0.25, -0.2) is 0 Å². The number of anilines is 1. The molecule has 0 spiro atoms. The van der Waals surface area contributed by atoms with Crippen LogP contribution in [0.1, 0.15) is 12.8 Å². The van der Waals surface area contributed by atoms with E-state index in [1.54, 1.807) is 4.90 Å². The van der Waals surface area contributed by atoms with Gasteiger partial charge in [0, 0.05) is 6.54 Å². The Hall–Kier alpha value is -1.55. The Labute approximate surface area is 95.0 Å². The van der Waals surface area contributed by atoms with Crippen LogP contribution in [0.25, 0.3) is 0 Å². The van der Waals surface area contributed by atoms with Crippen LogP contribution in [0.15, 0.2) is 24.3 Å². The summed E-state index contributed by atoms with van der Waals surface area (Å²) < 4.78 is 5.36. The number of nitrogens with zero attached hydrogens (tertiary/aromatic N) is 1. The van der Waals surface area contributed by atoms with Crippen LogP contribution in [-0.4, -0.2) is 25.6 Å². The molecular formula is C12H16N2O2. The molecule has 86 valence electrons. The monoisotopic (exact) mass is 220 g/mol. The van der Waals surface area contributed by atoms with E-state index in [2.05, 4.69) is 0 Å². The highest BCUT2D eigenvalue weighted by Crippen LogP contribution is 2.31. The number of para-hydroxylation sites is 2. The number of benzene rings is 1. The Morgan fingerprint density at radius 2 is 2.12 bits per heavy atom. The van der Waals surface area contributed by atoms with Crippen molar-refractivity contribution in [1.29, 1.82) is 0 Å². The molecule has 0 unspecified atom stereocenters. The number of amides is 1. The van der Waals surface area contributed by atoms with Gasteiger partial charge in [0.05, 0.1) is 5.69 Å². The Bertz CT molecular complexity index is 379. The zero-order chi connectivity index (χ0) is 11.4. The molecule has 1 amide bonds. The SMILES string of the molecule is NCCCCN1C(=O)COc2ccccc21. The normalized spacial score (nSPS) is 14.6. The van der Waals surface area contributed by atoms with Crippen LogP contribution in [-0.2, 0) is 4.79 Å². The summed E-state index contributed by atoms with van der Waals surface area (Å²) in [7, 11) is 0. The van der Waals surface area contributed by atoms with Gasteiger partial charge in [-0.1, -0.05) is 12.1 Å². The predicted octanol–water partition coefficient (Wildman–Crippen LogP) is 1.15. The Kier molecular flexibility index (Phi) is 3.41. The van der Waals surface area contributed by atoms with Gasteiger partial charge in [0.15, 0.2) is 6.61 Å². The molecule has 1 aliphatic rings. The summed E-state index contributed by atoms with van der Waals surface area (Å²) in [6.07, 6.45) is 1.86. The second-order valence-corrected chi connectivity index (χ2v) is 3.80. The summed E-state index contributed by atoms with van der Waals surface area (Å²) >= 11 is 0. The molecule has 2 rings (SSSR count). The summed E-state index contributed by atoms with van der Waals surface area (Å²) in [5, 5.41) is 0. The van der Waals surface area contributed by atoms with Crippen molar-refractivity contribution in [3.05, 3.63) is 24.3 Å². The van der Waals surface area contributed by atoms with Crippen LogP contribution < -0.4 is 15.4 Å². The predicted molar refractivity (Wildman–Crippen MR) is 62.6 cm³/mol. The zero-order valence-corrected chi connectivity index (χ0v) is 9.19. The number of rotatable bonds is 4. The summed E-state index contributed by atoms with van der Waals surface area (Å²) in [6.45, 7) is 1.52. The van der Waals surface area contributed by atoms with Crippen molar-refractivity contribution in [1.82, 2.24) is 0 Å². The molecule has 0 saturated heterocycles. The third-order valence-electron chi connectivity index (χ3n) is 2.64. The molecule has 0 aliphatic carbocycles. The standard InChI is InChI=1S/C12H16N2O2/c13-7-3-4-8-14-10-5-1-2-6-11(10)16-9-12(14)15/h1-2,5-6H,3-4,7-9,13H2. The minimum atomic E-state index is 0.0238. The average Bonchev–Trinajstić information content (AvgIpc) is 2.32. The number of ether oxygens (including phenoxy) is 1. The fraction of sp³-hybridized carbons (Fsp3) is 0.417. The molecule has 2 N–H and O–H groups in total. The highest BCUT2D eigenvalue weighted by Gasteiger charge is 2.24. The van der Waals surface area contributed by atoms with Crippen molar-refractivity contribution >= 4 is 11.6 Å². The minimum absolute atomic E-state index is 0.0238. The fourth-order valence-electron chi connectivity index (χ4n) is 1.81. The van der Waals surface area contributed by atoms with E-state index < -0.39 is 0 Å². The van der Waals surface area contributed by atoms with E-state index in [4.69, 9.17) is 10.5 Å². The molecule has 0 bridgehead atoms.